The Bertz CT molecular complexity index is 573. The minimum atomic E-state index is -1.68. The second-order valence-electron chi connectivity index (χ2n) is 4.17. The molecule has 4 heteroatoms. The number of hydrogen-bond donors (Lipinski definition) is 2. The van der Waals surface area contributed by atoms with Crippen LogP contribution in [0.15, 0.2) is 48.5 Å². The summed E-state index contributed by atoms with van der Waals surface area (Å²) in [5.74, 6) is -0.392. The molecule has 2 N–H and O–H groups in total. The number of benzene rings is 2. The number of rotatable bonds is 3. The number of aryl methyl sites for hydroxylation is 1. The van der Waals surface area contributed by atoms with Crippen molar-refractivity contribution in [3.8, 4) is 5.75 Å². The van der Waals surface area contributed by atoms with Gasteiger partial charge in [0.15, 0.2) is 6.29 Å². The summed E-state index contributed by atoms with van der Waals surface area (Å²) >= 11 is 0. The topological polar surface area (TPSA) is 66.8 Å². The lowest BCUT2D eigenvalue weighted by Gasteiger charge is -2.11. The zero-order valence-electron chi connectivity index (χ0n) is 10.4. The normalized spacial score (nSPS) is 10.5. The number of ether oxygens (including phenoxy) is 1. The van der Waals surface area contributed by atoms with Gasteiger partial charge in [-0.05, 0) is 25.1 Å². The number of hydrogen-bond acceptors (Lipinski definition) is 4. The predicted octanol–water partition coefficient (Wildman–Crippen LogP) is 2.20. The van der Waals surface area contributed by atoms with Crippen molar-refractivity contribution in [1.82, 2.24) is 0 Å². The third-order valence-electron chi connectivity index (χ3n) is 2.69. The summed E-state index contributed by atoms with van der Waals surface area (Å²) in [4.78, 5) is 11.9. The highest BCUT2D eigenvalue weighted by Gasteiger charge is 2.14. The number of carbonyl (C=O) groups is 1. The number of aliphatic hydroxyl groups is 2. The molecule has 2 rings (SSSR count). The lowest BCUT2D eigenvalue weighted by molar-refractivity contribution is -0.0437. The molecular formula is C15H14O4. The Hall–Kier alpha value is -2.17. The van der Waals surface area contributed by atoms with Crippen molar-refractivity contribution in [2.45, 2.75) is 13.2 Å². The van der Waals surface area contributed by atoms with E-state index in [1.54, 1.807) is 24.3 Å². The zero-order valence-corrected chi connectivity index (χ0v) is 10.4. The Morgan fingerprint density at radius 1 is 1.05 bits per heavy atom. The lowest BCUT2D eigenvalue weighted by atomic mass is 10.1. The van der Waals surface area contributed by atoms with Crippen molar-refractivity contribution in [1.29, 1.82) is 0 Å². The SMILES string of the molecule is Cc1ccc(C(=O)Oc2ccccc2C(O)O)cc1. The molecule has 0 amide bonds. The summed E-state index contributed by atoms with van der Waals surface area (Å²) in [6.45, 7) is 1.92. The van der Waals surface area contributed by atoms with E-state index in [2.05, 4.69) is 0 Å². The van der Waals surface area contributed by atoms with Crippen LogP contribution in [0.2, 0.25) is 0 Å². The maximum absolute atomic E-state index is 11.9. The van der Waals surface area contributed by atoms with Crippen LogP contribution in [0.25, 0.3) is 0 Å². The summed E-state index contributed by atoms with van der Waals surface area (Å²) < 4.78 is 5.17. The fourth-order valence-electron chi connectivity index (χ4n) is 1.64. The molecule has 0 heterocycles. The Balaban J connectivity index is 2.22. The molecule has 19 heavy (non-hydrogen) atoms. The average Bonchev–Trinajstić information content (AvgIpc) is 2.39. The molecule has 0 fully saturated rings. The van der Waals surface area contributed by atoms with Gasteiger partial charge in [0.2, 0.25) is 0 Å². The molecule has 0 atom stereocenters. The minimum Gasteiger partial charge on any atom is -0.422 e. The van der Waals surface area contributed by atoms with Crippen molar-refractivity contribution < 1.29 is 19.7 Å². The highest BCUT2D eigenvalue weighted by molar-refractivity contribution is 5.91. The number of aliphatic hydroxyl groups excluding tert-OH is 1. The van der Waals surface area contributed by atoms with E-state index in [4.69, 9.17) is 4.74 Å². The van der Waals surface area contributed by atoms with Crippen molar-refractivity contribution >= 4 is 5.97 Å². The quantitative estimate of drug-likeness (QED) is 0.503. The van der Waals surface area contributed by atoms with Gasteiger partial charge < -0.3 is 14.9 Å². The highest BCUT2D eigenvalue weighted by atomic mass is 16.5. The van der Waals surface area contributed by atoms with Crippen LogP contribution in [0.5, 0.6) is 5.75 Å². The van der Waals surface area contributed by atoms with Crippen molar-refractivity contribution in [3.05, 3.63) is 65.2 Å². The molecule has 4 nitrogen and oxygen atoms in total. The monoisotopic (exact) mass is 258 g/mol. The first-order valence-electron chi connectivity index (χ1n) is 5.82. The summed E-state index contributed by atoms with van der Waals surface area (Å²) in [6, 6.07) is 13.2. The van der Waals surface area contributed by atoms with Gasteiger partial charge in [-0.2, -0.15) is 0 Å². The Morgan fingerprint density at radius 2 is 1.68 bits per heavy atom. The van der Waals surface area contributed by atoms with Crippen LogP contribution < -0.4 is 4.74 Å². The molecule has 0 unspecified atom stereocenters. The number of para-hydroxylation sites is 1. The van der Waals surface area contributed by atoms with E-state index in [0.29, 0.717) is 5.56 Å². The van der Waals surface area contributed by atoms with E-state index in [-0.39, 0.29) is 11.3 Å². The van der Waals surface area contributed by atoms with Crippen molar-refractivity contribution in [3.63, 3.8) is 0 Å². The van der Waals surface area contributed by atoms with E-state index in [0.717, 1.165) is 5.56 Å². The van der Waals surface area contributed by atoms with Gasteiger partial charge in [0, 0.05) is 0 Å². The molecule has 0 saturated heterocycles. The van der Waals surface area contributed by atoms with Gasteiger partial charge in [-0.15, -0.1) is 0 Å². The minimum absolute atomic E-state index is 0.142. The van der Waals surface area contributed by atoms with E-state index < -0.39 is 12.3 Å². The number of esters is 1. The molecule has 2 aromatic rings. The van der Waals surface area contributed by atoms with E-state index in [1.807, 2.05) is 19.1 Å². The van der Waals surface area contributed by atoms with Gasteiger partial charge in [-0.25, -0.2) is 4.79 Å². The standard InChI is InChI=1S/C15H14O4/c1-10-6-8-11(9-7-10)15(18)19-13-5-3-2-4-12(13)14(16)17/h2-9,14,16-17H,1H3. The smallest absolute Gasteiger partial charge is 0.343 e. The third kappa shape index (κ3) is 3.19. The molecule has 0 aliphatic carbocycles. The summed E-state index contributed by atoms with van der Waals surface area (Å²) in [6.07, 6.45) is -1.68. The molecule has 0 aromatic heterocycles. The van der Waals surface area contributed by atoms with Crippen LogP contribution in [0.3, 0.4) is 0 Å². The molecule has 98 valence electrons. The molecule has 0 radical (unpaired) electrons. The van der Waals surface area contributed by atoms with Crippen LogP contribution in [0.1, 0.15) is 27.8 Å². The fourth-order valence-corrected chi connectivity index (χ4v) is 1.64. The van der Waals surface area contributed by atoms with E-state index >= 15 is 0 Å². The molecular weight excluding hydrogens is 244 g/mol. The van der Waals surface area contributed by atoms with Gasteiger partial charge >= 0.3 is 5.97 Å². The van der Waals surface area contributed by atoms with Crippen LogP contribution in [-0.2, 0) is 0 Å². The van der Waals surface area contributed by atoms with Gasteiger partial charge in [0.1, 0.15) is 5.75 Å². The first-order valence-corrected chi connectivity index (χ1v) is 5.82. The van der Waals surface area contributed by atoms with Crippen LogP contribution in [-0.4, -0.2) is 16.2 Å². The van der Waals surface area contributed by atoms with Crippen LogP contribution in [0, 0.1) is 6.92 Å². The van der Waals surface area contributed by atoms with Gasteiger partial charge in [-0.3, -0.25) is 0 Å². The van der Waals surface area contributed by atoms with Crippen molar-refractivity contribution in [2.75, 3.05) is 0 Å². The molecule has 0 aliphatic rings. The maximum Gasteiger partial charge on any atom is 0.343 e. The Morgan fingerprint density at radius 3 is 2.32 bits per heavy atom. The molecule has 0 saturated carbocycles. The summed E-state index contributed by atoms with van der Waals surface area (Å²) in [5, 5.41) is 18.4. The van der Waals surface area contributed by atoms with Crippen molar-refractivity contribution in [2.24, 2.45) is 0 Å². The lowest BCUT2D eigenvalue weighted by Crippen LogP contribution is -2.10. The molecule has 0 spiro atoms. The second-order valence-corrected chi connectivity index (χ2v) is 4.17. The van der Waals surface area contributed by atoms with Gasteiger partial charge in [0.05, 0.1) is 11.1 Å². The van der Waals surface area contributed by atoms with Gasteiger partial charge in [-0.1, -0.05) is 35.9 Å². The van der Waals surface area contributed by atoms with Gasteiger partial charge in [0.25, 0.3) is 0 Å². The van der Waals surface area contributed by atoms with E-state index in [9.17, 15) is 15.0 Å². The largest absolute Gasteiger partial charge is 0.422 e. The Labute approximate surface area is 110 Å². The predicted molar refractivity (Wildman–Crippen MR) is 69.8 cm³/mol. The first kappa shape index (κ1) is 13.3. The second kappa shape index (κ2) is 5.65. The molecule has 2 aromatic carbocycles. The van der Waals surface area contributed by atoms with E-state index in [1.165, 1.54) is 12.1 Å². The molecule has 0 bridgehead atoms. The zero-order chi connectivity index (χ0) is 13.8. The first-order chi connectivity index (χ1) is 9.08. The maximum atomic E-state index is 11.9. The summed E-state index contributed by atoms with van der Waals surface area (Å²) in [5.41, 5.74) is 1.61. The van der Waals surface area contributed by atoms with Crippen LogP contribution in [0.4, 0.5) is 0 Å². The third-order valence-corrected chi connectivity index (χ3v) is 2.69. The highest BCUT2D eigenvalue weighted by Crippen LogP contribution is 2.24. The Kier molecular flexibility index (Phi) is 3.94. The number of carbonyl (C=O) groups excluding carboxylic acids is 1. The molecule has 0 aliphatic heterocycles. The average molecular weight is 258 g/mol. The fraction of sp³-hybridized carbons (Fsp3) is 0.133. The van der Waals surface area contributed by atoms with Crippen LogP contribution >= 0.6 is 0 Å². The summed E-state index contributed by atoms with van der Waals surface area (Å²) in [7, 11) is 0.